The minimum atomic E-state index is -0.245. The summed E-state index contributed by atoms with van der Waals surface area (Å²) >= 11 is 0. The number of urea groups is 1. The number of amides is 2. The van der Waals surface area contributed by atoms with Gasteiger partial charge in [-0.2, -0.15) is 0 Å². The van der Waals surface area contributed by atoms with Gasteiger partial charge < -0.3 is 15.6 Å². The number of ketones is 1. The Kier molecular flexibility index (Phi) is 4.71. The number of nitrogens with one attached hydrogen (secondary N) is 4. The molecule has 0 unspecified atom stereocenters. The molecule has 2 aliphatic carbocycles. The number of hydrogen-bond acceptors (Lipinski definition) is 4. The van der Waals surface area contributed by atoms with Crippen molar-refractivity contribution in [3.05, 3.63) is 59.9 Å². The van der Waals surface area contributed by atoms with Crippen LogP contribution in [0.25, 0.3) is 11.3 Å². The number of fused-ring (bicyclic) bond motifs is 1. The minimum Gasteiger partial charge on any atom is -0.356 e. The van der Waals surface area contributed by atoms with E-state index in [0.29, 0.717) is 12.2 Å². The second-order valence-corrected chi connectivity index (χ2v) is 7.80. The number of aryl methyl sites for hydroxylation is 1. The van der Waals surface area contributed by atoms with Crippen LogP contribution in [0.15, 0.2) is 48.7 Å². The molecule has 2 heterocycles. The Morgan fingerprint density at radius 1 is 1.10 bits per heavy atom. The average Bonchev–Trinajstić information content (AvgIpc) is 3.48. The number of H-pyrrole nitrogens is 1. The Labute approximate surface area is 174 Å². The first-order chi connectivity index (χ1) is 14.7. The van der Waals surface area contributed by atoms with Crippen LogP contribution in [0.5, 0.6) is 0 Å². The molecule has 2 amide bonds. The first kappa shape index (κ1) is 18.4. The topological polar surface area (TPSA) is 98.9 Å². The molecule has 1 aromatic carbocycles. The number of rotatable bonds is 5. The standard InChI is InChI=1S/C23H23N5O2/c29-18-8-4-7-17-20(18)22(25-15-5-2-1-3-6-15)21(27-17)14-11-12-24-19(13-14)28-23(30)26-16-9-10-16/h1-3,5-6,11-13,16,25,27H,4,7-10H2,(H2,24,26,28,30). The van der Waals surface area contributed by atoms with Crippen LogP contribution in [0.2, 0.25) is 0 Å². The zero-order chi connectivity index (χ0) is 20.5. The molecule has 2 aromatic heterocycles. The monoisotopic (exact) mass is 401 g/mol. The summed E-state index contributed by atoms with van der Waals surface area (Å²) < 4.78 is 0. The van der Waals surface area contributed by atoms with Crippen molar-refractivity contribution in [1.29, 1.82) is 0 Å². The van der Waals surface area contributed by atoms with Crippen LogP contribution < -0.4 is 16.0 Å². The summed E-state index contributed by atoms with van der Waals surface area (Å²) in [4.78, 5) is 32.5. The second-order valence-electron chi connectivity index (χ2n) is 7.80. The Bertz CT molecular complexity index is 1100. The fraction of sp³-hybridized carbons (Fsp3) is 0.261. The third-order valence-electron chi connectivity index (χ3n) is 5.43. The molecular formula is C23H23N5O2. The molecule has 1 saturated carbocycles. The molecule has 0 atom stereocenters. The zero-order valence-electron chi connectivity index (χ0n) is 16.5. The van der Waals surface area contributed by atoms with Gasteiger partial charge in [0.15, 0.2) is 5.78 Å². The lowest BCUT2D eigenvalue weighted by Gasteiger charge is -2.14. The van der Waals surface area contributed by atoms with Crippen molar-refractivity contribution >= 4 is 29.0 Å². The third kappa shape index (κ3) is 3.78. The predicted molar refractivity (Wildman–Crippen MR) is 116 cm³/mol. The lowest BCUT2D eigenvalue weighted by atomic mass is 9.95. The quantitative estimate of drug-likeness (QED) is 0.501. The summed E-state index contributed by atoms with van der Waals surface area (Å²) in [7, 11) is 0. The lowest BCUT2D eigenvalue weighted by molar-refractivity contribution is 0.0973. The second kappa shape index (κ2) is 7.67. The van der Waals surface area contributed by atoms with Crippen molar-refractivity contribution < 1.29 is 9.59 Å². The summed E-state index contributed by atoms with van der Waals surface area (Å²) in [5, 5.41) is 9.13. The summed E-state index contributed by atoms with van der Waals surface area (Å²) in [5.74, 6) is 0.614. The number of carbonyl (C=O) groups excluding carboxylic acids is 2. The van der Waals surface area contributed by atoms with Crippen molar-refractivity contribution in [1.82, 2.24) is 15.3 Å². The molecular weight excluding hydrogens is 378 g/mol. The summed E-state index contributed by atoms with van der Waals surface area (Å²) in [6, 6.07) is 13.5. The Morgan fingerprint density at radius 2 is 1.93 bits per heavy atom. The molecule has 0 aliphatic heterocycles. The first-order valence-electron chi connectivity index (χ1n) is 10.3. The van der Waals surface area contributed by atoms with E-state index in [0.717, 1.165) is 59.6 Å². The van der Waals surface area contributed by atoms with Gasteiger partial charge in [-0.25, -0.2) is 9.78 Å². The average molecular weight is 401 g/mol. The van der Waals surface area contributed by atoms with E-state index in [2.05, 4.69) is 25.9 Å². The van der Waals surface area contributed by atoms with Gasteiger partial charge in [0.05, 0.1) is 16.9 Å². The molecule has 7 heteroatoms. The number of benzene rings is 1. The van der Waals surface area contributed by atoms with Crippen LogP contribution in [-0.2, 0) is 6.42 Å². The van der Waals surface area contributed by atoms with Crippen molar-refractivity contribution in [3.63, 3.8) is 0 Å². The number of pyridine rings is 1. The third-order valence-corrected chi connectivity index (χ3v) is 5.43. The van der Waals surface area contributed by atoms with E-state index in [4.69, 9.17) is 0 Å². The van der Waals surface area contributed by atoms with Crippen LogP contribution in [0.1, 0.15) is 41.7 Å². The number of anilines is 3. The van der Waals surface area contributed by atoms with Gasteiger partial charge in [-0.05, 0) is 49.9 Å². The highest BCUT2D eigenvalue weighted by Crippen LogP contribution is 2.39. The van der Waals surface area contributed by atoms with Gasteiger partial charge in [0, 0.05) is 35.6 Å². The molecule has 152 valence electrons. The minimum absolute atomic E-state index is 0.147. The zero-order valence-corrected chi connectivity index (χ0v) is 16.5. The molecule has 3 aromatic rings. The van der Waals surface area contributed by atoms with E-state index >= 15 is 0 Å². The fourth-order valence-electron chi connectivity index (χ4n) is 3.82. The molecule has 0 saturated heterocycles. The van der Waals surface area contributed by atoms with Crippen LogP contribution >= 0.6 is 0 Å². The lowest BCUT2D eigenvalue weighted by Crippen LogP contribution is -2.30. The molecule has 0 spiro atoms. The Morgan fingerprint density at radius 3 is 2.73 bits per heavy atom. The van der Waals surface area contributed by atoms with Crippen molar-refractivity contribution in [3.8, 4) is 11.3 Å². The summed E-state index contributed by atoms with van der Waals surface area (Å²) in [5.41, 5.74) is 5.06. The van der Waals surface area contributed by atoms with E-state index in [1.54, 1.807) is 6.20 Å². The molecule has 30 heavy (non-hydrogen) atoms. The van der Waals surface area contributed by atoms with E-state index < -0.39 is 0 Å². The fourth-order valence-corrected chi connectivity index (χ4v) is 3.82. The van der Waals surface area contributed by atoms with Crippen LogP contribution in [0, 0.1) is 0 Å². The van der Waals surface area contributed by atoms with E-state index in [1.165, 1.54) is 0 Å². The van der Waals surface area contributed by atoms with Crippen molar-refractivity contribution in [2.45, 2.75) is 38.1 Å². The number of nitrogens with zero attached hydrogens (tertiary/aromatic N) is 1. The van der Waals surface area contributed by atoms with Gasteiger partial charge >= 0.3 is 6.03 Å². The van der Waals surface area contributed by atoms with Gasteiger partial charge in [-0.3, -0.25) is 10.1 Å². The van der Waals surface area contributed by atoms with Crippen molar-refractivity contribution in [2.24, 2.45) is 0 Å². The molecule has 7 nitrogen and oxygen atoms in total. The molecule has 4 N–H and O–H groups in total. The highest BCUT2D eigenvalue weighted by atomic mass is 16.2. The van der Waals surface area contributed by atoms with Gasteiger partial charge in [-0.15, -0.1) is 0 Å². The molecule has 5 rings (SSSR count). The number of aromatic amines is 1. The highest BCUT2D eigenvalue weighted by molar-refractivity contribution is 6.07. The SMILES string of the molecule is O=C(Nc1cc(-c2[nH]c3c(c2Nc2ccccc2)C(=O)CCC3)ccn1)NC1CC1. The first-order valence-corrected chi connectivity index (χ1v) is 10.3. The molecule has 0 radical (unpaired) electrons. The largest absolute Gasteiger partial charge is 0.356 e. The van der Waals surface area contributed by atoms with Crippen LogP contribution in [0.4, 0.5) is 22.0 Å². The smallest absolute Gasteiger partial charge is 0.320 e. The van der Waals surface area contributed by atoms with Crippen LogP contribution in [0.3, 0.4) is 0 Å². The molecule has 1 fully saturated rings. The van der Waals surface area contributed by atoms with Crippen LogP contribution in [-0.4, -0.2) is 27.8 Å². The predicted octanol–water partition coefficient (Wildman–Crippen LogP) is 4.62. The molecule has 0 bridgehead atoms. The summed E-state index contributed by atoms with van der Waals surface area (Å²) in [6.45, 7) is 0. The Balaban J connectivity index is 1.51. The summed E-state index contributed by atoms with van der Waals surface area (Å²) in [6.07, 6.45) is 5.95. The Hall–Kier alpha value is -3.61. The van der Waals surface area contributed by atoms with Gasteiger partial charge in [0.1, 0.15) is 5.82 Å². The number of aromatic nitrogens is 2. The van der Waals surface area contributed by atoms with E-state index in [-0.39, 0.29) is 17.9 Å². The van der Waals surface area contributed by atoms with Gasteiger partial charge in [-0.1, -0.05) is 18.2 Å². The van der Waals surface area contributed by atoms with Gasteiger partial charge in [0.25, 0.3) is 0 Å². The number of hydrogen-bond donors (Lipinski definition) is 4. The number of Topliss-reactive ketones (excluding diaryl/α,β-unsaturated/α-hetero) is 1. The highest BCUT2D eigenvalue weighted by Gasteiger charge is 2.27. The maximum absolute atomic E-state index is 12.7. The molecule has 2 aliphatic rings. The number of carbonyl (C=O) groups is 2. The van der Waals surface area contributed by atoms with Gasteiger partial charge in [0.2, 0.25) is 0 Å². The van der Waals surface area contributed by atoms with Crippen molar-refractivity contribution in [2.75, 3.05) is 10.6 Å². The maximum Gasteiger partial charge on any atom is 0.320 e. The van der Waals surface area contributed by atoms with E-state index in [1.807, 2.05) is 42.5 Å². The normalized spacial score (nSPS) is 15.4. The number of para-hydroxylation sites is 1. The van der Waals surface area contributed by atoms with E-state index in [9.17, 15) is 9.59 Å². The maximum atomic E-state index is 12.7.